The van der Waals surface area contributed by atoms with Crippen LogP contribution in [0.4, 0.5) is 43.4 Å². The zero-order valence-corrected chi connectivity index (χ0v) is 23.6. The summed E-state index contributed by atoms with van der Waals surface area (Å²) in [5.74, 6) is -8.74. The number of hydrogen-bond donors (Lipinski definition) is 3. The first kappa shape index (κ1) is 31.5. The highest BCUT2D eigenvalue weighted by Gasteiger charge is 2.67. The van der Waals surface area contributed by atoms with Crippen LogP contribution in [0.3, 0.4) is 0 Å². The van der Waals surface area contributed by atoms with E-state index in [1.54, 1.807) is 0 Å². The van der Waals surface area contributed by atoms with Crippen molar-refractivity contribution in [1.29, 1.82) is 0 Å². The Labute approximate surface area is 249 Å². The lowest BCUT2D eigenvalue weighted by Crippen LogP contribution is -2.19. The molecule has 3 aromatic carbocycles. The van der Waals surface area contributed by atoms with E-state index in [1.807, 2.05) is 5.32 Å². The van der Waals surface area contributed by atoms with Crippen LogP contribution in [0.25, 0.3) is 0 Å². The molecule has 42 heavy (non-hydrogen) atoms. The number of amides is 3. The molecule has 1 aliphatic carbocycles. The highest BCUT2D eigenvalue weighted by molar-refractivity contribution is 6.53. The molecule has 1 saturated carbocycles. The fourth-order valence-corrected chi connectivity index (χ4v) is 5.40. The van der Waals surface area contributed by atoms with Crippen molar-refractivity contribution in [2.24, 2.45) is 5.92 Å². The van der Waals surface area contributed by atoms with Gasteiger partial charge in [-0.15, -0.1) is 23.2 Å². The van der Waals surface area contributed by atoms with Crippen molar-refractivity contribution in [3.63, 3.8) is 0 Å². The molecule has 0 heterocycles. The standard InChI is InChI=1S/C27H18Cl3F6N3O3/c1-10-7-13(9-14(21(10)28)24(41)39-18-6-5-17(32)23(22(18)33)37-11(2)40)38-25(42)20-19(26(20,29)30)12-3-4-16(31)15(8-12)27(34,35)36/h3-9,19-20H,1-2H3,(H,37,40)(H,38,42)(H,39,41)/t19?,20-/m1/s1. The molecule has 0 radical (unpaired) electrons. The monoisotopic (exact) mass is 651 g/mol. The number of benzene rings is 3. The Morgan fingerprint density at radius 2 is 1.55 bits per heavy atom. The van der Waals surface area contributed by atoms with Gasteiger partial charge in [-0.2, -0.15) is 13.2 Å². The van der Waals surface area contributed by atoms with Crippen molar-refractivity contribution >= 4 is 69.6 Å². The molecule has 0 aromatic heterocycles. The predicted octanol–water partition coefficient (Wildman–Crippen LogP) is 7.82. The van der Waals surface area contributed by atoms with Gasteiger partial charge in [0.25, 0.3) is 5.91 Å². The van der Waals surface area contributed by atoms with Gasteiger partial charge in [0.15, 0.2) is 5.82 Å². The van der Waals surface area contributed by atoms with Crippen molar-refractivity contribution in [3.05, 3.63) is 87.2 Å². The molecule has 4 rings (SSSR count). The smallest absolute Gasteiger partial charge is 0.326 e. The maximum absolute atomic E-state index is 14.8. The Morgan fingerprint density at radius 3 is 2.17 bits per heavy atom. The number of hydrogen-bond acceptors (Lipinski definition) is 3. The van der Waals surface area contributed by atoms with Gasteiger partial charge < -0.3 is 16.0 Å². The van der Waals surface area contributed by atoms with Gasteiger partial charge in [-0.05, 0) is 54.4 Å². The van der Waals surface area contributed by atoms with Crippen LogP contribution in [0.2, 0.25) is 5.02 Å². The molecule has 0 saturated heterocycles. The second-order valence-electron chi connectivity index (χ2n) is 9.43. The number of carbonyl (C=O) groups excluding carboxylic acids is 3. The maximum atomic E-state index is 14.8. The molecule has 6 nitrogen and oxygen atoms in total. The number of nitrogens with one attached hydrogen (secondary N) is 3. The van der Waals surface area contributed by atoms with Crippen molar-refractivity contribution < 1.29 is 40.7 Å². The fourth-order valence-electron chi connectivity index (χ4n) is 4.38. The van der Waals surface area contributed by atoms with Gasteiger partial charge in [-0.25, -0.2) is 13.2 Å². The Hall–Kier alpha value is -3.48. The molecule has 1 aliphatic rings. The van der Waals surface area contributed by atoms with Crippen LogP contribution in [-0.4, -0.2) is 22.1 Å². The fraction of sp³-hybridized carbons (Fsp3) is 0.222. The number of carbonyl (C=O) groups is 3. The van der Waals surface area contributed by atoms with E-state index in [2.05, 4.69) is 10.6 Å². The van der Waals surface area contributed by atoms with E-state index in [9.17, 15) is 40.7 Å². The third-order valence-corrected chi connectivity index (χ3v) is 7.84. The summed E-state index contributed by atoms with van der Waals surface area (Å²) in [5, 5.41) is 6.61. The quantitative estimate of drug-likeness (QED) is 0.188. The van der Waals surface area contributed by atoms with Gasteiger partial charge in [0.1, 0.15) is 21.7 Å². The second-order valence-corrected chi connectivity index (χ2v) is 11.3. The highest BCUT2D eigenvalue weighted by Crippen LogP contribution is 2.65. The van der Waals surface area contributed by atoms with Gasteiger partial charge >= 0.3 is 6.18 Å². The zero-order valence-electron chi connectivity index (χ0n) is 21.3. The van der Waals surface area contributed by atoms with Crippen LogP contribution in [0, 0.1) is 30.3 Å². The Balaban J connectivity index is 1.57. The van der Waals surface area contributed by atoms with Crippen LogP contribution < -0.4 is 16.0 Å². The summed E-state index contributed by atoms with van der Waals surface area (Å²) in [6.07, 6.45) is -4.99. The summed E-state index contributed by atoms with van der Waals surface area (Å²) in [6, 6.07) is 6.45. The maximum Gasteiger partial charge on any atom is 0.419 e. The lowest BCUT2D eigenvalue weighted by atomic mass is 10.0. The molecular formula is C27H18Cl3F6N3O3. The molecular weight excluding hydrogens is 635 g/mol. The van der Waals surface area contributed by atoms with Crippen molar-refractivity contribution in [2.75, 3.05) is 16.0 Å². The Bertz CT molecular complexity index is 1630. The number of anilines is 3. The molecule has 1 unspecified atom stereocenters. The summed E-state index contributed by atoms with van der Waals surface area (Å²) >= 11 is 18.7. The van der Waals surface area contributed by atoms with E-state index in [1.165, 1.54) is 13.0 Å². The number of aryl methyl sites for hydroxylation is 1. The molecule has 1 fully saturated rings. The summed E-state index contributed by atoms with van der Waals surface area (Å²) in [6.45, 7) is 2.53. The first-order valence-corrected chi connectivity index (χ1v) is 13.0. The van der Waals surface area contributed by atoms with E-state index in [0.717, 1.165) is 31.2 Å². The zero-order chi connectivity index (χ0) is 31.3. The van der Waals surface area contributed by atoms with Gasteiger partial charge in [0.2, 0.25) is 11.8 Å². The predicted molar refractivity (Wildman–Crippen MR) is 146 cm³/mol. The van der Waals surface area contributed by atoms with Crippen LogP contribution in [0.1, 0.15) is 39.9 Å². The van der Waals surface area contributed by atoms with Crippen molar-refractivity contribution in [3.8, 4) is 0 Å². The minimum absolute atomic E-state index is 0.00966. The lowest BCUT2D eigenvalue weighted by Gasteiger charge is -2.14. The molecule has 0 spiro atoms. The largest absolute Gasteiger partial charge is 0.419 e. The third-order valence-electron chi connectivity index (χ3n) is 6.40. The highest BCUT2D eigenvalue weighted by atomic mass is 35.5. The number of rotatable bonds is 6. The SMILES string of the molecule is CC(=O)Nc1c(F)ccc(NC(=O)c2cc(NC(=O)[C@H]3C(c4ccc(F)c(C(F)(F)F)c4)C3(Cl)Cl)cc(C)c2Cl)c1F. The lowest BCUT2D eigenvalue weighted by molar-refractivity contribution is -0.140. The van der Waals surface area contributed by atoms with Gasteiger partial charge in [0.05, 0.1) is 27.8 Å². The minimum atomic E-state index is -4.99. The summed E-state index contributed by atoms with van der Waals surface area (Å²) in [4.78, 5) is 37.3. The minimum Gasteiger partial charge on any atom is -0.326 e. The van der Waals surface area contributed by atoms with Crippen molar-refractivity contribution in [2.45, 2.75) is 30.3 Å². The Morgan fingerprint density at radius 1 is 0.905 bits per heavy atom. The van der Waals surface area contributed by atoms with Gasteiger partial charge in [0, 0.05) is 18.5 Å². The average Bonchev–Trinajstić information content (AvgIpc) is 3.46. The van der Waals surface area contributed by atoms with E-state index in [0.29, 0.717) is 17.7 Å². The van der Waals surface area contributed by atoms with Crippen LogP contribution in [0.15, 0.2) is 42.5 Å². The first-order valence-electron chi connectivity index (χ1n) is 11.9. The van der Waals surface area contributed by atoms with Gasteiger partial charge in [-0.3, -0.25) is 14.4 Å². The number of alkyl halides is 5. The normalized spacial score (nSPS) is 17.4. The molecule has 0 bridgehead atoms. The van der Waals surface area contributed by atoms with E-state index < -0.39 is 74.5 Å². The average molecular weight is 653 g/mol. The molecule has 3 N–H and O–H groups in total. The van der Waals surface area contributed by atoms with Gasteiger partial charge in [-0.1, -0.05) is 17.7 Å². The summed E-state index contributed by atoms with van der Waals surface area (Å²) in [5.41, 5.74) is -2.85. The molecule has 2 atom stereocenters. The van der Waals surface area contributed by atoms with Crippen LogP contribution in [-0.2, 0) is 15.8 Å². The molecule has 3 amide bonds. The van der Waals surface area contributed by atoms with E-state index >= 15 is 0 Å². The van der Waals surface area contributed by atoms with Crippen molar-refractivity contribution in [1.82, 2.24) is 0 Å². The first-order chi connectivity index (χ1) is 19.4. The van der Waals surface area contributed by atoms with Crippen LogP contribution >= 0.6 is 34.8 Å². The second kappa shape index (κ2) is 11.3. The topological polar surface area (TPSA) is 87.3 Å². The molecule has 3 aromatic rings. The Kier molecular flexibility index (Phi) is 8.47. The van der Waals surface area contributed by atoms with E-state index in [-0.39, 0.29) is 21.8 Å². The van der Waals surface area contributed by atoms with E-state index in [4.69, 9.17) is 34.8 Å². The summed E-state index contributed by atoms with van der Waals surface area (Å²) < 4.78 is 80.3. The summed E-state index contributed by atoms with van der Waals surface area (Å²) in [7, 11) is 0. The van der Waals surface area contributed by atoms with Crippen LogP contribution in [0.5, 0.6) is 0 Å². The molecule has 0 aliphatic heterocycles. The molecule has 15 heteroatoms. The molecule has 222 valence electrons. The number of halogens is 9. The third kappa shape index (κ3) is 6.16.